The number of hydrogen-bond donors (Lipinski definition) is 2. The van der Waals surface area contributed by atoms with E-state index in [1.807, 2.05) is 25.1 Å². The minimum atomic E-state index is -0.000540. The van der Waals surface area contributed by atoms with E-state index in [-0.39, 0.29) is 12.6 Å². The molecule has 0 unspecified atom stereocenters. The second-order valence-electron chi connectivity index (χ2n) is 3.47. The molecule has 0 heterocycles. The molecule has 0 aliphatic rings. The van der Waals surface area contributed by atoms with E-state index in [2.05, 4.69) is 0 Å². The second kappa shape index (κ2) is 5.35. The molecule has 3 heteroatoms. The molecule has 1 aromatic rings. The van der Waals surface area contributed by atoms with Crippen LogP contribution in [0.2, 0.25) is 5.02 Å². The lowest BCUT2D eigenvalue weighted by atomic mass is 9.98. The highest BCUT2D eigenvalue weighted by atomic mass is 35.5. The van der Waals surface area contributed by atoms with Gasteiger partial charge in [0.25, 0.3) is 0 Å². The maximum absolute atomic E-state index is 8.70. The summed E-state index contributed by atoms with van der Waals surface area (Å²) in [6.45, 7) is 2.19. The Morgan fingerprint density at radius 1 is 1.50 bits per heavy atom. The lowest BCUT2D eigenvalue weighted by Crippen LogP contribution is -2.12. The molecule has 14 heavy (non-hydrogen) atoms. The number of halogens is 1. The van der Waals surface area contributed by atoms with E-state index in [1.54, 1.807) is 0 Å². The van der Waals surface area contributed by atoms with Gasteiger partial charge in [-0.05, 0) is 43.0 Å². The molecule has 0 aromatic heterocycles. The van der Waals surface area contributed by atoms with Gasteiger partial charge in [0.15, 0.2) is 0 Å². The molecule has 0 bridgehead atoms. The van der Waals surface area contributed by atoms with Crippen molar-refractivity contribution in [3.05, 3.63) is 34.3 Å². The van der Waals surface area contributed by atoms with Gasteiger partial charge in [0.2, 0.25) is 0 Å². The third kappa shape index (κ3) is 2.98. The number of nitrogens with two attached hydrogens (primary N) is 1. The van der Waals surface area contributed by atoms with E-state index in [0.29, 0.717) is 0 Å². The molecule has 0 saturated carbocycles. The third-order valence-corrected chi connectivity index (χ3v) is 2.54. The normalized spacial score (nSPS) is 12.9. The highest BCUT2D eigenvalue weighted by Gasteiger charge is 2.08. The van der Waals surface area contributed by atoms with E-state index < -0.39 is 0 Å². The molecule has 0 amide bonds. The summed E-state index contributed by atoms with van der Waals surface area (Å²) < 4.78 is 0. The van der Waals surface area contributed by atoms with Gasteiger partial charge in [0, 0.05) is 17.7 Å². The Hall–Kier alpha value is -0.570. The zero-order valence-corrected chi connectivity index (χ0v) is 9.09. The molecule has 0 aliphatic heterocycles. The van der Waals surface area contributed by atoms with Crippen LogP contribution in [0.25, 0.3) is 0 Å². The first-order chi connectivity index (χ1) is 6.65. The van der Waals surface area contributed by atoms with E-state index >= 15 is 0 Å². The van der Waals surface area contributed by atoms with Crippen molar-refractivity contribution in [2.24, 2.45) is 5.73 Å². The van der Waals surface area contributed by atoms with Crippen LogP contribution in [-0.2, 0) is 0 Å². The standard InChI is InChI=1S/C11H16ClNO/c1-8-7-9(12)4-5-10(8)11(13)3-2-6-14/h4-5,7,11,14H,2-3,6,13H2,1H3/t11-/m0/s1. The summed E-state index contributed by atoms with van der Waals surface area (Å²) >= 11 is 5.85. The maximum atomic E-state index is 8.70. The Morgan fingerprint density at radius 2 is 2.21 bits per heavy atom. The Balaban J connectivity index is 2.74. The summed E-state index contributed by atoms with van der Waals surface area (Å²) in [7, 11) is 0. The van der Waals surface area contributed by atoms with Crippen LogP contribution in [0, 0.1) is 6.92 Å². The lowest BCUT2D eigenvalue weighted by molar-refractivity contribution is 0.280. The number of aliphatic hydroxyl groups is 1. The summed E-state index contributed by atoms with van der Waals surface area (Å²) in [6, 6.07) is 5.72. The number of rotatable bonds is 4. The quantitative estimate of drug-likeness (QED) is 0.807. The van der Waals surface area contributed by atoms with E-state index in [4.69, 9.17) is 22.4 Å². The molecule has 0 fully saturated rings. The van der Waals surface area contributed by atoms with Crippen LogP contribution in [0.4, 0.5) is 0 Å². The zero-order valence-electron chi connectivity index (χ0n) is 8.33. The van der Waals surface area contributed by atoms with Gasteiger partial charge in [0.05, 0.1) is 0 Å². The molecular formula is C11H16ClNO. The van der Waals surface area contributed by atoms with Crippen molar-refractivity contribution >= 4 is 11.6 Å². The van der Waals surface area contributed by atoms with Gasteiger partial charge in [0.1, 0.15) is 0 Å². The van der Waals surface area contributed by atoms with Crippen molar-refractivity contribution in [1.29, 1.82) is 0 Å². The summed E-state index contributed by atoms with van der Waals surface area (Å²) in [4.78, 5) is 0. The summed E-state index contributed by atoms with van der Waals surface area (Å²) in [5.74, 6) is 0. The SMILES string of the molecule is Cc1cc(Cl)ccc1[C@@H](N)CCCO. The van der Waals surface area contributed by atoms with Gasteiger partial charge >= 0.3 is 0 Å². The average Bonchev–Trinajstić information content (AvgIpc) is 2.14. The smallest absolute Gasteiger partial charge is 0.0431 e. The minimum absolute atomic E-state index is 0.000540. The van der Waals surface area contributed by atoms with Gasteiger partial charge in [-0.25, -0.2) is 0 Å². The van der Waals surface area contributed by atoms with Crippen molar-refractivity contribution < 1.29 is 5.11 Å². The molecule has 0 radical (unpaired) electrons. The topological polar surface area (TPSA) is 46.2 Å². The fourth-order valence-corrected chi connectivity index (χ4v) is 1.75. The molecule has 1 aromatic carbocycles. The minimum Gasteiger partial charge on any atom is -0.396 e. The maximum Gasteiger partial charge on any atom is 0.0431 e. The van der Waals surface area contributed by atoms with E-state index in [1.165, 1.54) is 0 Å². The van der Waals surface area contributed by atoms with Crippen molar-refractivity contribution in [3.8, 4) is 0 Å². The van der Waals surface area contributed by atoms with Crippen LogP contribution in [0.1, 0.15) is 30.0 Å². The first-order valence-electron chi connectivity index (χ1n) is 4.77. The third-order valence-electron chi connectivity index (χ3n) is 2.30. The van der Waals surface area contributed by atoms with Gasteiger partial charge in [-0.1, -0.05) is 17.7 Å². The molecule has 78 valence electrons. The molecule has 0 aliphatic carbocycles. The molecule has 2 nitrogen and oxygen atoms in total. The lowest BCUT2D eigenvalue weighted by Gasteiger charge is -2.14. The largest absolute Gasteiger partial charge is 0.396 e. The van der Waals surface area contributed by atoms with Gasteiger partial charge in [-0.2, -0.15) is 0 Å². The van der Waals surface area contributed by atoms with Crippen LogP contribution in [0.3, 0.4) is 0 Å². The van der Waals surface area contributed by atoms with Gasteiger partial charge in [-0.15, -0.1) is 0 Å². The summed E-state index contributed by atoms with van der Waals surface area (Å²) in [5, 5.41) is 9.44. The first kappa shape index (κ1) is 11.5. The Morgan fingerprint density at radius 3 is 2.79 bits per heavy atom. The number of aryl methyl sites for hydroxylation is 1. The van der Waals surface area contributed by atoms with Crippen molar-refractivity contribution in [1.82, 2.24) is 0 Å². The van der Waals surface area contributed by atoms with Crippen LogP contribution >= 0.6 is 11.6 Å². The van der Waals surface area contributed by atoms with E-state index in [9.17, 15) is 0 Å². The molecule has 1 atom stereocenters. The van der Waals surface area contributed by atoms with Crippen LogP contribution in [-0.4, -0.2) is 11.7 Å². The molecule has 0 spiro atoms. The zero-order chi connectivity index (χ0) is 10.6. The Kier molecular flexibility index (Phi) is 4.39. The number of benzene rings is 1. The fourth-order valence-electron chi connectivity index (χ4n) is 1.52. The molecule has 1 rings (SSSR count). The fraction of sp³-hybridized carbons (Fsp3) is 0.455. The Labute approximate surface area is 89.7 Å². The molecule has 3 N–H and O–H groups in total. The van der Waals surface area contributed by atoms with Gasteiger partial charge < -0.3 is 10.8 Å². The monoisotopic (exact) mass is 213 g/mol. The van der Waals surface area contributed by atoms with Crippen molar-refractivity contribution in [3.63, 3.8) is 0 Å². The number of hydrogen-bond acceptors (Lipinski definition) is 2. The highest BCUT2D eigenvalue weighted by Crippen LogP contribution is 2.22. The van der Waals surface area contributed by atoms with Crippen molar-refractivity contribution in [2.75, 3.05) is 6.61 Å². The van der Waals surface area contributed by atoms with Crippen LogP contribution in [0.5, 0.6) is 0 Å². The van der Waals surface area contributed by atoms with Crippen molar-refractivity contribution in [2.45, 2.75) is 25.8 Å². The first-order valence-corrected chi connectivity index (χ1v) is 5.15. The summed E-state index contributed by atoms with van der Waals surface area (Å²) in [5.41, 5.74) is 8.21. The number of aliphatic hydroxyl groups excluding tert-OH is 1. The van der Waals surface area contributed by atoms with E-state index in [0.717, 1.165) is 29.0 Å². The predicted octanol–water partition coefficient (Wildman–Crippen LogP) is 2.42. The second-order valence-corrected chi connectivity index (χ2v) is 3.91. The van der Waals surface area contributed by atoms with Crippen LogP contribution < -0.4 is 5.73 Å². The predicted molar refractivity (Wildman–Crippen MR) is 59.4 cm³/mol. The summed E-state index contributed by atoms with van der Waals surface area (Å²) in [6.07, 6.45) is 1.54. The molecule has 0 saturated heterocycles. The van der Waals surface area contributed by atoms with Gasteiger partial charge in [-0.3, -0.25) is 0 Å². The Bertz CT molecular complexity index is 301. The molecular weight excluding hydrogens is 198 g/mol. The highest BCUT2D eigenvalue weighted by molar-refractivity contribution is 6.30. The average molecular weight is 214 g/mol. The van der Waals surface area contributed by atoms with Crippen LogP contribution in [0.15, 0.2) is 18.2 Å².